The summed E-state index contributed by atoms with van der Waals surface area (Å²) < 4.78 is 30.0. The summed E-state index contributed by atoms with van der Waals surface area (Å²) in [6, 6.07) is 6.94. The quantitative estimate of drug-likeness (QED) is 0.760. The van der Waals surface area contributed by atoms with E-state index in [4.69, 9.17) is 4.74 Å². The molecule has 0 atom stereocenters. The molecule has 1 saturated heterocycles. The van der Waals surface area contributed by atoms with Crippen LogP contribution in [0.4, 0.5) is 0 Å². The third kappa shape index (κ3) is 4.80. The zero-order valence-electron chi connectivity index (χ0n) is 13.3. The van der Waals surface area contributed by atoms with Crippen LogP contribution in [0.2, 0.25) is 0 Å². The Morgan fingerprint density at radius 2 is 1.91 bits per heavy atom. The second-order valence-electron chi connectivity index (χ2n) is 5.43. The molecule has 126 valence electrons. The van der Waals surface area contributed by atoms with E-state index in [9.17, 15) is 13.2 Å². The maximum absolute atomic E-state index is 12.5. The molecule has 0 spiro atoms. The van der Waals surface area contributed by atoms with Gasteiger partial charge in [-0.3, -0.25) is 4.79 Å². The molecule has 2 rings (SSSR count). The Morgan fingerprint density at radius 3 is 2.52 bits per heavy atom. The number of carbonyl (C=O) groups is 1. The summed E-state index contributed by atoms with van der Waals surface area (Å²) in [4.78, 5) is 14.2. The fourth-order valence-corrected chi connectivity index (χ4v) is 3.33. The van der Waals surface area contributed by atoms with Gasteiger partial charge in [-0.15, -0.1) is 0 Å². The van der Waals surface area contributed by atoms with E-state index in [1.165, 1.54) is 10.6 Å². The molecule has 0 saturated carbocycles. The molecule has 0 unspecified atom stereocenters. The zero-order valence-corrected chi connectivity index (χ0v) is 14.1. The van der Waals surface area contributed by atoms with Crippen molar-refractivity contribution in [3.8, 4) is 5.75 Å². The van der Waals surface area contributed by atoms with Crippen molar-refractivity contribution in [2.75, 3.05) is 39.0 Å². The van der Waals surface area contributed by atoms with E-state index in [0.717, 1.165) is 0 Å². The van der Waals surface area contributed by atoms with Gasteiger partial charge in [0.2, 0.25) is 10.0 Å². The standard InChI is InChI=1S/C16H22N2O4S/c1-3-13-22-15-7-5-14(6-8-15)16(19)17-9-4-10-18(12-11-17)23(2,20)21/h3,5-8H,1,4,9-13H2,2H3. The lowest BCUT2D eigenvalue weighted by Gasteiger charge is -2.21. The van der Waals surface area contributed by atoms with Gasteiger partial charge in [-0.05, 0) is 30.7 Å². The van der Waals surface area contributed by atoms with Crippen molar-refractivity contribution in [2.24, 2.45) is 0 Å². The lowest BCUT2D eigenvalue weighted by Crippen LogP contribution is -2.36. The molecule has 23 heavy (non-hydrogen) atoms. The number of hydrogen-bond acceptors (Lipinski definition) is 4. The highest BCUT2D eigenvalue weighted by Crippen LogP contribution is 2.15. The highest BCUT2D eigenvalue weighted by Gasteiger charge is 2.24. The molecule has 1 heterocycles. The number of ether oxygens (including phenoxy) is 1. The van der Waals surface area contributed by atoms with Crippen molar-refractivity contribution < 1.29 is 17.9 Å². The number of nitrogens with zero attached hydrogens (tertiary/aromatic N) is 2. The van der Waals surface area contributed by atoms with Crippen LogP contribution in [-0.2, 0) is 10.0 Å². The van der Waals surface area contributed by atoms with Gasteiger partial charge in [-0.25, -0.2) is 12.7 Å². The van der Waals surface area contributed by atoms with Gasteiger partial charge >= 0.3 is 0 Å². The van der Waals surface area contributed by atoms with Gasteiger partial charge in [-0.1, -0.05) is 12.7 Å². The van der Waals surface area contributed by atoms with Gasteiger partial charge in [-0.2, -0.15) is 0 Å². The first-order valence-electron chi connectivity index (χ1n) is 7.50. The van der Waals surface area contributed by atoms with Crippen LogP contribution in [0.5, 0.6) is 5.75 Å². The Hall–Kier alpha value is -1.86. The average molecular weight is 338 g/mol. The third-order valence-corrected chi connectivity index (χ3v) is 4.98. The van der Waals surface area contributed by atoms with Crippen LogP contribution in [0.25, 0.3) is 0 Å². The molecule has 1 aromatic rings. The largest absolute Gasteiger partial charge is 0.490 e. The summed E-state index contributed by atoms with van der Waals surface area (Å²) in [6.07, 6.45) is 3.50. The molecule has 0 radical (unpaired) electrons. The molecule has 0 N–H and O–H groups in total. The molecule has 0 aromatic heterocycles. The minimum Gasteiger partial charge on any atom is -0.490 e. The Morgan fingerprint density at radius 1 is 1.22 bits per heavy atom. The fourth-order valence-electron chi connectivity index (χ4n) is 2.46. The predicted octanol–water partition coefficient (Wildman–Crippen LogP) is 1.36. The maximum atomic E-state index is 12.5. The third-order valence-electron chi connectivity index (χ3n) is 3.68. The maximum Gasteiger partial charge on any atom is 0.253 e. The summed E-state index contributed by atoms with van der Waals surface area (Å²) in [6.45, 7) is 5.75. The zero-order chi connectivity index (χ0) is 16.9. The molecule has 0 bridgehead atoms. The lowest BCUT2D eigenvalue weighted by atomic mass is 10.2. The van der Waals surface area contributed by atoms with E-state index >= 15 is 0 Å². The van der Waals surface area contributed by atoms with Gasteiger partial charge in [0.25, 0.3) is 5.91 Å². The Kier molecular flexibility index (Phi) is 5.79. The van der Waals surface area contributed by atoms with Crippen LogP contribution in [0.3, 0.4) is 0 Å². The smallest absolute Gasteiger partial charge is 0.253 e. The molecule has 6 nitrogen and oxygen atoms in total. The van der Waals surface area contributed by atoms with Gasteiger partial charge in [0.05, 0.1) is 6.26 Å². The van der Waals surface area contributed by atoms with Gasteiger partial charge in [0, 0.05) is 31.7 Å². The number of amides is 1. The molecular weight excluding hydrogens is 316 g/mol. The molecule has 1 aliphatic heterocycles. The lowest BCUT2D eigenvalue weighted by molar-refractivity contribution is 0.0764. The van der Waals surface area contributed by atoms with E-state index in [-0.39, 0.29) is 5.91 Å². The first-order valence-corrected chi connectivity index (χ1v) is 9.35. The van der Waals surface area contributed by atoms with Crippen LogP contribution < -0.4 is 4.74 Å². The fraction of sp³-hybridized carbons (Fsp3) is 0.438. The van der Waals surface area contributed by atoms with Crippen LogP contribution in [0.15, 0.2) is 36.9 Å². The second kappa shape index (κ2) is 7.61. The van der Waals surface area contributed by atoms with E-state index in [0.29, 0.717) is 50.5 Å². The summed E-state index contributed by atoms with van der Waals surface area (Å²) in [5.74, 6) is 0.594. The van der Waals surface area contributed by atoms with E-state index < -0.39 is 10.0 Å². The van der Waals surface area contributed by atoms with Gasteiger partial charge in [0.1, 0.15) is 12.4 Å². The summed E-state index contributed by atoms with van der Waals surface area (Å²) in [5.41, 5.74) is 0.573. The topological polar surface area (TPSA) is 66.9 Å². The molecular formula is C16H22N2O4S. The van der Waals surface area contributed by atoms with Crippen LogP contribution in [0, 0.1) is 0 Å². The second-order valence-corrected chi connectivity index (χ2v) is 7.41. The molecule has 1 aromatic carbocycles. The monoisotopic (exact) mass is 338 g/mol. The number of hydrogen-bond donors (Lipinski definition) is 0. The molecule has 1 fully saturated rings. The predicted molar refractivity (Wildman–Crippen MR) is 89.1 cm³/mol. The van der Waals surface area contributed by atoms with Crippen LogP contribution in [0.1, 0.15) is 16.8 Å². The molecule has 0 aliphatic carbocycles. The normalized spacial score (nSPS) is 16.7. The van der Waals surface area contributed by atoms with Gasteiger partial charge in [0.15, 0.2) is 0 Å². The van der Waals surface area contributed by atoms with Crippen molar-refractivity contribution in [1.29, 1.82) is 0 Å². The number of sulfonamides is 1. The Labute approximate surface area is 137 Å². The number of rotatable bonds is 5. The Bertz CT molecular complexity index is 655. The molecule has 1 aliphatic rings. The minimum absolute atomic E-state index is 0.0874. The Balaban J connectivity index is 2.01. The molecule has 1 amide bonds. The van der Waals surface area contributed by atoms with Crippen molar-refractivity contribution in [3.63, 3.8) is 0 Å². The van der Waals surface area contributed by atoms with Crippen molar-refractivity contribution in [1.82, 2.24) is 9.21 Å². The number of carbonyl (C=O) groups excluding carboxylic acids is 1. The van der Waals surface area contributed by atoms with Gasteiger partial charge < -0.3 is 9.64 Å². The number of benzene rings is 1. The van der Waals surface area contributed by atoms with Crippen molar-refractivity contribution in [3.05, 3.63) is 42.5 Å². The van der Waals surface area contributed by atoms with E-state index in [2.05, 4.69) is 6.58 Å². The summed E-state index contributed by atoms with van der Waals surface area (Å²) in [5, 5.41) is 0. The SMILES string of the molecule is C=CCOc1ccc(C(=O)N2CCCN(S(C)(=O)=O)CC2)cc1. The average Bonchev–Trinajstić information content (AvgIpc) is 2.78. The summed E-state index contributed by atoms with van der Waals surface area (Å²) in [7, 11) is -3.21. The van der Waals surface area contributed by atoms with Crippen LogP contribution in [-0.4, -0.2) is 62.6 Å². The van der Waals surface area contributed by atoms with E-state index in [1.807, 2.05) is 0 Å². The highest BCUT2D eigenvalue weighted by atomic mass is 32.2. The molecule has 7 heteroatoms. The highest BCUT2D eigenvalue weighted by molar-refractivity contribution is 7.88. The van der Waals surface area contributed by atoms with E-state index in [1.54, 1.807) is 35.2 Å². The first-order chi connectivity index (χ1) is 10.9. The van der Waals surface area contributed by atoms with Crippen LogP contribution >= 0.6 is 0 Å². The summed E-state index contributed by atoms with van der Waals surface area (Å²) >= 11 is 0. The minimum atomic E-state index is -3.21. The van der Waals surface area contributed by atoms with Crippen molar-refractivity contribution in [2.45, 2.75) is 6.42 Å². The van der Waals surface area contributed by atoms with Crippen molar-refractivity contribution >= 4 is 15.9 Å². The first kappa shape index (κ1) is 17.5.